The third kappa shape index (κ3) is 3.51. The van der Waals surface area contributed by atoms with Crippen molar-refractivity contribution in [1.82, 2.24) is 9.21 Å². The molecule has 0 saturated carbocycles. The predicted octanol–water partition coefficient (Wildman–Crippen LogP) is 1.78. The van der Waals surface area contributed by atoms with Crippen molar-refractivity contribution in [2.24, 2.45) is 5.92 Å². The van der Waals surface area contributed by atoms with Crippen molar-refractivity contribution in [2.75, 3.05) is 26.2 Å². The van der Waals surface area contributed by atoms with Gasteiger partial charge in [-0.05, 0) is 38.1 Å². The van der Waals surface area contributed by atoms with Crippen molar-refractivity contribution >= 4 is 27.3 Å². The molecule has 0 aliphatic carbocycles. The van der Waals surface area contributed by atoms with Crippen molar-refractivity contribution in [2.45, 2.75) is 43.0 Å². The molecule has 1 aromatic heterocycles. The normalized spacial score (nSPS) is 29.6. The second kappa shape index (κ2) is 7.11. The molecule has 3 unspecified atom stereocenters. The van der Waals surface area contributed by atoms with Gasteiger partial charge in [0.15, 0.2) is 0 Å². The van der Waals surface area contributed by atoms with Gasteiger partial charge < -0.3 is 9.64 Å². The van der Waals surface area contributed by atoms with Gasteiger partial charge in [-0.15, -0.1) is 11.3 Å². The van der Waals surface area contributed by atoms with E-state index in [1.807, 2.05) is 18.7 Å². The Balaban J connectivity index is 1.72. The molecule has 24 heavy (non-hydrogen) atoms. The maximum absolute atomic E-state index is 12.9. The van der Waals surface area contributed by atoms with Gasteiger partial charge in [0.05, 0.1) is 24.7 Å². The average molecular weight is 373 g/mol. The van der Waals surface area contributed by atoms with Crippen LogP contribution in [0, 0.1) is 5.92 Å². The maximum atomic E-state index is 12.9. The summed E-state index contributed by atoms with van der Waals surface area (Å²) in [5, 5.41) is 1.76. The highest BCUT2D eigenvalue weighted by Crippen LogP contribution is 2.28. The average Bonchev–Trinajstić information content (AvgIpc) is 3.12. The van der Waals surface area contributed by atoms with Gasteiger partial charge in [0.25, 0.3) is 10.0 Å². The first-order chi connectivity index (χ1) is 11.4. The Hall–Kier alpha value is -0.960. The highest BCUT2D eigenvalue weighted by molar-refractivity contribution is 7.91. The van der Waals surface area contributed by atoms with Gasteiger partial charge in [0.2, 0.25) is 5.91 Å². The molecule has 0 aromatic carbocycles. The van der Waals surface area contributed by atoms with Crippen molar-refractivity contribution < 1.29 is 17.9 Å². The standard InChI is InChI=1S/C16H24N2O4S2/c1-12-11-22-13(2)9-18(12)16(19)14-5-3-7-17(10-14)24(20,21)15-6-4-8-23-15/h4,6,8,12-14H,3,5,7,9-11H2,1-2H3. The topological polar surface area (TPSA) is 66.9 Å². The van der Waals surface area contributed by atoms with Crippen LogP contribution in [-0.2, 0) is 19.6 Å². The van der Waals surface area contributed by atoms with Crippen molar-refractivity contribution in [3.8, 4) is 0 Å². The molecule has 2 aliphatic rings. The van der Waals surface area contributed by atoms with Gasteiger partial charge in [0.1, 0.15) is 4.21 Å². The molecule has 1 aromatic rings. The minimum absolute atomic E-state index is 0.0275. The molecule has 3 atom stereocenters. The Kier molecular flexibility index (Phi) is 5.29. The first kappa shape index (κ1) is 17.8. The molecule has 0 N–H and O–H groups in total. The number of sulfonamides is 1. The van der Waals surface area contributed by atoms with Gasteiger partial charge in [-0.3, -0.25) is 4.79 Å². The van der Waals surface area contributed by atoms with E-state index in [-0.39, 0.29) is 30.5 Å². The number of rotatable bonds is 3. The number of hydrogen-bond acceptors (Lipinski definition) is 5. The number of hydrogen-bond donors (Lipinski definition) is 0. The molecular formula is C16H24N2O4S2. The number of ether oxygens (including phenoxy) is 1. The number of nitrogens with zero attached hydrogens (tertiary/aromatic N) is 2. The molecule has 3 heterocycles. The lowest BCUT2D eigenvalue weighted by Gasteiger charge is -2.40. The second-order valence-electron chi connectivity index (χ2n) is 6.62. The summed E-state index contributed by atoms with van der Waals surface area (Å²) >= 11 is 1.22. The van der Waals surface area contributed by atoms with Crippen LogP contribution in [0.1, 0.15) is 26.7 Å². The third-order valence-corrected chi connectivity index (χ3v) is 7.95. The fraction of sp³-hybridized carbons (Fsp3) is 0.688. The number of carbonyl (C=O) groups excluding carboxylic acids is 1. The smallest absolute Gasteiger partial charge is 0.252 e. The monoisotopic (exact) mass is 372 g/mol. The summed E-state index contributed by atoms with van der Waals surface area (Å²) in [6.07, 6.45) is 1.49. The number of morpholine rings is 1. The molecule has 6 nitrogen and oxygen atoms in total. The Labute approximate surface area is 147 Å². The number of piperidine rings is 1. The zero-order valence-electron chi connectivity index (χ0n) is 14.1. The van der Waals surface area contributed by atoms with Crippen LogP contribution in [0.15, 0.2) is 21.7 Å². The summed E-state index contributed by atoms with van der Waals surface area (Å²) in [6.45, 7) is 5.81. The van der Waals surface area contributed by atoms with E-state index in [4.69, 9.17) is 4.74 Å². The molecule has 2 fully saturated rings. The molecule has 2 saturated heterocycles. The maximum Gasteiger partial charge on any atom is 0.252 e. The van der Waals surface area contributed by atoms with Crippen LogP contribution < -0.4 is 0 Å². The SMILES string of the molecule is CC1CN(C(=O)C2CCCN(S(=O)(=O)c3cccs3)C2)C(C)CO1. The Morgan fingerprint density at radius 1 is 1.33 bits per heavy atom. The van der Waals surface area contributed by atoms with Crippen LogP contribution in [-0.4, -0.2) is 61.9 Å². The Bertz CT molecular complexity index is 674. The molecular weight excluding hydrogens is 348 g/mol. The van der Waals surface area contributed by atoms with Gasteiger partial charge >= 0.3 is 0 Å². The van der Waals surface area contributed by atoms with Gasteiger partial charge in [-0.25, -0.2) is 8.42 Å². The quantitative estimate of drug-likeness (QED) is 0.811. The summed E-state index contributed by atoms with van der Waals surface area (Å²) in [5.41, 5.74) is 0. The fourth-order valence-electron chi connectivity index (χ4n) is 3.34. The van der Waals surface area contributed by atoms with Crippen LogP contribution >= 0.6 is 11.3 Å². The van der Waals surface area contributed by atoms with Crippen LogP contribution in [0.2, 0.25) is 0 Å². The lowest BCUT2D eigenvalue weighted by Crippen LogP contribution is -2.54. The minimum Gasteiger partial charge on any atom is -0.375 e. The minimum atomic E-state index is -3.48. The lowest BCUT2D eigenvalue weighted by atomic mass is 9.97. The van der Waals surface area contributed by atoms with Gasteiger partial charge in [0, 0.05) is 19.6 Å². The Morgan fingerprint density at radius 3 is 2.83 bits per heavy atom. The summed E-state index contributed by atoms with van der Waals surface area (Å²) in [7, 11) is -3.48. The Morgan fingerprint density at radius 2 is 2.12 bits per heavy atom. The van der Waals surface area contributed by atoms with E-state index in [1.54, 1.807) is 17.5 Å². The van der Waals surface area contributed by atoms with E-state index < -0.39 is 10.0 Å². The summed E-state index contributed by atoms with van der Waals surface area (Å²) in [6, 6.07) is 3.40. The number of amides is 1. The largest absolute Gasteiger partial charge is 0.375 e. The van der Waals surface area contributed by atoms with E-state index in [0.29, 0.717) is 23.9 Å². The predicted molar refractivity (Wildman–Crippen MR) is 92.4 cm³/mol. The highest BCUT2D eigenvalue weighted by Gasteiger charge is 2.37. The van der Waals surface area contributed by atoms with Gasteiger partial charge in [-0.1, -0.05) is 6.07 Å². The second-order valence-corrected chi connectivity index (χ2v) is 9.73. The molecule has 0 spiro atoms. The molecule has 3 rings (SSSR count). The zero-order chi connectivity index (χ0) is 17.3. The first-order valence-electron chi connectivity index (χ1n) is 8.35. The van der Waals surface area contributed by atoms with Crippen molar-refractivity contribution in [1.29, 1.82) is 0 Å². The van der Waals surface area contributed by atoms with Crippen molar-refractivity contribution in [3.63, 3.8) is 0 Å². The molecule has 0 radical (unpaired) electrons. The number of carbonyl (C=O) groups is 1. The van der Waals surface area contributed by atoms with E-state index >= 15 is 0 Å². The van der Waals surface area contributed by atoms with E-state index in [1.165, 1.54) is 15.6 Å². The molecule has 1 amide bonds. The zero-order valence-corrected chi connectivity index (χ0v) is 15.7. The first-order valence-corrected chi connectivity index (χ1v) is 10.7. The van der Waals surface area contributed by atoms with Crippen LogP contribution in [0.3, 0.4) is 0 Å². The molecule has 134 valence electrons. The van der Waals surface area contributed by atoms with Crippen molar-refractivity contribution in [3.05, 3.63) is 17.5 Å². The van der Waals surface area contributed by atoms with E-state index in [9.17, 15) is 13.2 Å². The summed E-state index contributed by atoms with van der Waals surface area (Å²) in [4.78, 5) is 14.8. The van der Waals surface area contributed by atoms with E-state index in [0.717, 1.165) is 12.8 Å². The third-order valence-electron chi connectivity index (χ3n) is 4.71. The molecule has 2 aliphatic heterocycles. The lowest BCUT2D eigenvalue weighted by molar-refractivity contribution is -0.148. The fourth-order valence-corrected chi connectivity index (χ4v) is 6.01. The summed E-state index contributed by atoms with van der Waals surface area (Å²) < 4.78 is 32.8. The molecule has 0 bridgehead atoms. The van der Waals surface area contributed by atoms with Gasteiger partial charge in [-0.2, -0.15) is 4.31 Å². The van der Waals surface area contributed by atoms with Crippen LogP contribution in [0.25, 0.3) is 0 Å². The number of thiophene rings is 1. The highest BCUT2D eigenvalue weighted by atomic mass is 32.2. The van der Waals surface area contributed by atoms with E-state index in [2.05, 4.69) is 0 Å². The molecule has 8 heteroatoms. The van der Waals surface area contributed by atoms with Crippen LogP contribution in [0.5, 0.6) is 0 Å². The summed E-state index contributed by atoms with van der Waals surface area (Å²) in [5.74, 6) is -0.204. The van der Waals surface area contributed by atoms with Crippen LogP contribution in [0.4, 0.5) is 0 Å².